The number of nitrogens with one attached hydrogen (secondary N) is 2. The van der Waals surface area contributed by atoms with Crippen LogP contribution in [0.5, 0.6) is 0 Å². The zero-order chi connectivity index (χ0) is 25.0. The molecule has 2 heterocycles. The molecule has 2 aromatic rings. The summed E-state index contributed by atoms with van der Waals surface area (Å²) in [4.78, 5) is 28.2. The van der Waals surface area contributed by atoms with Crippen molar-refractivity contribution in [1.82, 2.24) is 14.5 Å². The Kier molecular flexibility index (Phi) is 7.68. The fourth-order valence-corrected chi connectivity index (χ4v) is 5.50. The molecule has 2 aliphatic heterocycles. The van der Waals surface area contributed by atoms with Gasteiger partial charge >= 0.3 is 0 Å². The largest absolute Gasteiger partial charge is 0.367 e. The number of halogens is 1. The summed E-state index contributed by atoms with van der Waals surface area (Å²) in [5.41, 5.74) is 1.99. The molecule has 2 aliphatic rings. The lowest BCUT2D eigenvalue weighted by Gasteiger charge is -2.36. The third-order valence-electron chi connectivity index (χ3n) is 6.36. The van der Waals surface area contributed by atoms with Gasteiger partial charge in [0.25, 0.3) is 0 Å². The van der Waals surface area contributed by atoms with Crippen molar-refractivity contribution in [2.45, 2.75) is 17.7 Å². The number of hydrogen-bond acceptors (Lipinski definition) is 6. The number of fused-ring (bicyclic) bond motifs is 1. The fourth-order valence-electron chi connectivity index (χ4n) is 4.32. The number of likely N-dealkylation sites (N-methyl/N-ethyl adjacent to an activating group) is 1. The fraction of sp³-hybridized carbons (Fsp3) is 0.417. The predicted molar refractivity (Wildman–Crippen MR) is 131 cm³/mol. The van der Waals surface area contributed by atoms with E-state index >= 15 is 0 Å². The van der Waals surface area contributed by atoms with Gasteiger partial charge in [0, 0.05) is 58.4 Å². The van der Waals surface area contributed by atoms with Crippen molar-refractivity contribution in [2.75, 3.05) is 63.1 Å². The van der Waals surface area contributed by atoms with Crippen LogP contribution in [0, 0.1) is 5.82 Å². The highest BCUT2D eigenvalue weighted by Crippen LogP contribution is 2.26. The van der Waals surface area contributed by atoms with Crippen LogP contribution in [0.3, 0.4) is 0 Å². The maximum atomic E-state index is 14.0. The van der Waals surface area contributed by atoms with Crippen molar-refractivity contribution >= 4 is 33.2 Å². The molecule has 35 heavy (non-hydrogen) atoms. The van der Waals surface area contributed by atoms with Crippen molar-refractivity contribution in [3.8, 4) is 0 Å². The lowest BCUT2D eigenvalue weighted by atomic mass is 10.0. The maximum absolute atomic E-state index is 14.0. The van der Waals surface area contributed by atoms with Gasteiger partial charge in [-0.05, 0) is 42.3 Å². The number of amides is 2. The van der Waals surface area contributed by atoms with Crippen LogP contribution in [0.1, 0.15) is 12.0 Å². The van der Waals surface area contributed by atoms with E-state index in [4.69, 9.17) is 0 Å². The second kappa shape index (κ2) is 10.7. The summed E-state index contributed by atoms with van der Waals surface area (Å²) in [6.45, 7) is 3.61. The van der Waals surface area contributed by atoms with Crippen molar-refractivity contribution in [1.29, 1.82) is 0 Å². The molecule has 11 heteroatoms. The highest BCUT2D eigenvalue weighted by atomic mass is 32.2. The molecule has 0 aromatic heterocycles. The first-order valence-corrected chi connectivity index (χ1v) is 13.1. The monoisotopic (exact) mass is 503 g/mol. The second-order valence-electron chi connectivity index (χ2n) is 8.76. The molecule has 2 aromatic carbocycles. The minimum absolute atomic E-state index is 0.0890. The molecular formula is C24H30FN5O4S. The molecule has 0 radical (unpaired) electrons. The number of sulfonamides is 1. The first kappa shape index (κ1) is 25.1. The zero-order valence-electron chi connectivity index (χ0n) is 19.7. The van der Waals surface area contributed by atoms with E-state index in [1.807, 2.05) is 11.0 Å². The molecule has 0 spiro atoms. The van der Waals surface area contributed by atoms with E-state index in [0.29, 0.717) is 50.4 Å². The minimum Gasteiger partial charge on any atom is -0.367 e. The molecule has 188 valence electrons. The molecule has 2 amide bonds. The number of anilines is 2. The number of aryl methyl sites for hydroxylation is 1. The Hall–Kier alpha value is -3.02. The SMILES string of the molecule is CN(CC(=O)NCCN1CCN(c2ccccc2F)CC1)S(=O)(=O)c1ccc2c(c1)CCC(=O)N2. The number of para-hydroxylation sites is 1. The normalized spacial score (nSPS) is 16.7. The van der Waals surface area contributed by atoms with Crippen molar-refractivity contribution in [3.05, 3.63) is 53.8 Å². The number of rotatable bonds is 8. The van der Waals surface area contributed by atoms with Crippen molar-refractivity contribution < 1.29 is 22.4 Å². The summed E-state index contributed by atoms with van der Waals surface area (Å²) in [7, 11) is -2.48. The van der Waals surface area contributed by atoms with Crippen LogP contribution in [0.15, 0.2) is 47.4 Å². The number of carbonyl (C=O) groups excluding carboxylic acids is 2. The van der Waals surface area contributed by atoms with Gasteiger partial charge in [0.05, 0.1) is 17.1 Å². The molecule has 0 atom stereocenters. The van der Waals surface area contributed by atoms with E-state index < -0.39 is 10.0 Å². The van der Waals surface area contributed by atoms with Crippen LogP contribution >= 0.6 is 0 Å². The molecule has 1 saturated heterocycles. The summed E-state index contributed by atoms with van der Waals surface area (Å²) in [6.07, 6.45) is 0.788. The van der Waals surface area contributed by atoms with Crippen LogP contribution < -0.4 is 15.5 Å². The Morgan fingerprint density at radius 3 is 2.60 bits per heavy atom. The molecule has 4 rings (SSSR count). The van der Waals surface area contributed by atoms with Crippen LogP contribution in [0.4, 0.5) is 15.8 Å². The lowest BCUT2D eigenvalue weighted by molar-refractivity contribution is -0.121. The van der Waals surface area contributed by atoms with Crippen molar-refractivity contribution in [2.24, 2.45) is 0 Å². The van der Waals surface area contributed by atoms with Crippen LogP contribution in [-0.4, -0.2) is 82.3 Å². The van der Waals surface area contributed by atoms with Crippen LogP contribution in [0.25, 0.3) is 0 Å². The number of nitrogens with zero attached hydrogens (tertiary/aromatic N) is 3. The zero-order valence-corrected chi connectivity index (χ0v) is 20.5. The summed E-state index contributed by atoms with van der Waals surface area (Å²) in [6, 6.07) is 11.3. The lowest BCUT2D eigenvalue weighted by Crippen LogP contribution is -2.49. The standard InChI is InChI=1S/C24H30FN5O4S/c1-28(35(33,34)19-7-8-21-18(16-19)6-9-23(31)27-21)17-24(32)26-10-11-29-12-14-30(15-13-29)22-5-3-2-4-20(22)25/h2-5,7-8,16H,6,9-15,17H2,1H3,(H,26,32)(H,27,31). The third-order valence-corrected chi connectivity index (χ3v) is 8.16. The number of benzene rings is 2. The van der Waals surface area contributed by atoms with Gasteiger partial charge in [-0.1, -0.05) is 12.1 Å². The van der Waals surface area contributed by atoms with Gasteiger partial charge in [0.1, 0.15) is 5.82 Å². The molecular weight excluding hydrogens is 473 g/mol. The molecule has 2 N–H and O–H groups in total. The first-order chi connectivity index (χ1) is 16.7. The predicted octanol–water partition coefficient (Wildman–Crippen LogP) is 1.27. The van der Waals surface area contributed by atoms with Gasteiger partial charge in [-0.2, -0.15) is 4.31 Å². The molecule has 0 unspecified atom stereocenters. The first-order valence-electron chi connectivity index (χ1n) is 11.6. The molecule has 1 fully saturated rings. The van der Waals surface area contributed by atoms with Crippen LogP contribution in [-0.2, 0) is 26.0 Å². The summed E-state index contributed by atoms with van der Waals surface area (Å²) in [5, 5.41) is 5.51. The Labute approximate surface area is 204 Å². The summed E-state index contributed by atoms with van der Waals surface area (Å²) < 4.78 is 40.9. The van der Waals surface area contributed by atoms with E-state index in [1.165, 1.54) is 19.2 Å². The smallest absolute Gasteiger partial charge is 0.243 e. The van der Waals surface area contributed by atoms with Gasteiger partial charge in [0.15, 0.2) is 0 Å². The average molecular weight is 504 g/mol. The highest BCUT2D eigenvalue weighted by Gasteiger charge is 2.25. The van der Waals surface area contributed by atoms with Gasteiger partial charge in [-0.15, -0.1) is 0 Å². The Morgan fingerprint density at radius 2 is 1.86 bits per heavy atom. The van der Waals surface area contributed by atoms with Crippen molar-refractivity contribution in [3.63, 3.8) is 0 Å². The highest BCUT2D eigenvalue weighted by molar-refractivity contribution is 7.89. The average Bonchev–Trinajstić information content (AvgIpc) is 2.84. The van der Waals surface area contributed by atoms with Gasteiger partial charge in [-0.3, -0.25) is 14.5 Å². The molecule has 0 saturated carbocycles. The summed E-state index contributed by atoms with van der Waals surface area (Å²) in [5.74, 6) is -0.699. The third kappa shape index (κ3) is 5.98. The minimum atomic E-state index is -3.85. The Bertz CT molecular complexity index is 1200. The van der Waals surface area contributed by atoms with E-state index in [9.17, 15) is 22.4 Å². The number of hydrogen-bond donors (Lipinski definition) is 2. The maximum Gasteiger partial charge on any atom is 0.243 e. The van der Waals surface area contributed by atoms with Gasteiger partial charge < -0.3 is 15.5 Å². The van der Waals surface area contributed by atoms with E-state index in [-0.39, 0.29) is 29.1 Å². The van der Waals surface area contributed by atoms with Gasteiger partial charge in [0.2, 0.25) is 21.8 Å². The number of carbonyl (C=O) groups is 2. The van der Waals surface area contributed by atoms with E-state index in [1.54, 1.807) is 24.3 Å². The summed E-state index contributed by atoms with van der Waals surface area (Å²) >= 11 is 0. The van der Waals surface area contributed by atoms with Crippen LogP contribution in [0.2, 0.25) is 0 Å². The topological polar surface area (TPSA) is 102 Å². The molecule has 0 bridgehead atoms. The number of piperazine rings is 1. The molecule has 0 aliphatic carbocycles. The second-order valence-corrected chi connectivity index (χ2v) is 10.8. The Morgan fingerprint density at radius 1 is 1.11 bits per heavy atom. The molecule has 9 nitrogen and oxygen atoms in total. The quantitative estimate of drug-likeness (QED) is 0.563. The van der Waals surface area contributed by atoms with E-state index in [0.717, 1.165) is 23.0 Å². The Balaban J connectivity index is 1.22. The van der Waals surface area contributed by atoms with E-state index in [2.05, 4.69) is 15.5 Å². The van der Waals surface area contributed by atoms with Gasteiger partial charge in [-0.25, -0.2) is 12.8 Å².